The number of aryl methyl sites for hydroxylation is 1. The van der Waals surface area contributed by atoms with Crippen LogP contribution in [0.25, 0.3) is 11.4 Å². The van der Waals surface area contributed by atoms with Crippen molar-refractivity contribution in [3.05, 3.63) is 41.6 Å². The van der Waals surface area contributed by atoms with Crippen molar-refractivity contribution < 1.29 is 9.53 Å². The van der Waals surface area contributed by atoms with Gasteiger partial charge in [0.1, 0.15) is 5.82 Å². The van der Waals surface area contributed by atoms with Gasteiger partial charge in [-0.05, 0) is 45.2 Å². The third-order valence-corrected chi connectivity index (χ3v) is 4.87. The molecule has 0 bridgehead atoms. The molecule has 1 amide bonds. The Hall–Kier alpha value is -2.47. The molecule has 0 saturated carbocycles. The van der Waals surface area contributed by atoms with E-state index < -0.39 is 0 Å². The molecule has 1 aliphatic heterocycles. The Kier molecular flexibility index (Phi) is 6.40. The number of rotatable bonds is 6. The van der Waals surface area contributed by atoms with Crippen molar-refractivity contribution in [2.24, 2.45) is 0 Å². The van der Waals surface area contributed by atoms with Gasteiger partial charge >= 0.3 is 0 Å². The van der Waals surface area contributed by atoms with E-state index in [0.717, 1.165) is 36.5 Å². The van der Waals surface area contributed by atoms with Gasteiger partial charge in [0.2, 0.25) is 0 Å². The number of amides is 1. The van der Waals surface area contributed by atoms with Crippen LogP contribution in [0.5, 0.6) is 0 Å². The lowest BCUT2D eigenvalue weighted by atomic mass is 10.1. The number of benzene rings is 1. The van der Waals surface area contributed by atoms with E-state index in [-0.39, 0.29) is 12.0 Å². The van der Waals surface area contributed by atoms with Gasteiger partial charge in [0, 0.05) is 49.6 Å². The molecule has 2 aromatic rings. The van der Waals surface area contributed by atoms with Gasteiger partial charge < -0.3 is 15.0 Å². The van der Waals surface area contributed by atoms with Gasteiger partial charge in [0.05, 0.1) is 6.10 Å². The van der Waals surface area contributed by atoms with Crippen LogP contribution in [-0.2, 0) is 4.74 Å². The molecule has 1 fully saturated rings. The third kappa shape index (κ3) is 4.83. The van der Waals surface area contributed by atoms with Crippen LogP contribution in [0.1, 0.15) is 42.2 Å². The molecule has 6 heteroatoms. The zero-order valence-electron chi connectivity index (χ0n) is 16.4. The molecule has 0 aliphatic carbocycles. The highest BCUT2D eigenvalue weighted by molar-refractivity contribution is 5.94. The summed E-state index contributed by atoms with van der Waals surface area (Å²) in [5, 5.41) is 3.05. The van der Waals surface area contributed by atoms with Gasteiger partial charge in [0.15, 0.2) is 5.82 Å². The van der Waals surface area contributed by atoms with Crippen molar-refractivity contribution in [2.45, 2.75) is 39.2 Å². The second-order valence-electron chi connectivity index (χ2n) is 6.88. The Labute approximate surface area is 161 Å². The average molecular weight is 368 g/mol. The number of nitrogens with one attached hydrogen (secondary N) is 1. The maximum Gasteiger partial charge on any atom is 0.253 e. The molecule has 0 unspecified atom stereocenters. The Balaban J connectivity index is 1.73. The molecule has 27 heavy (non-hydrogen) atoms. The van der Waals surface area contributed by atoms with E-state index in [4.69, 9.17) is 4.74 Å². The Morgan fingerprint density at radius 2 is 2.04 bits per heavy atom. The van der Waals surface area contributed by atoms with Crippen LogP contribution < -0.4 is 5.32 Å². The van der Waals surface area contributed by atoms with Crippen LogP contribution in [0.15, 0.2) is 30.3 Å². The van der Waals surface area contributed by atoms with Gasteiger partial charge in [-0.2, -0.15) is 0 Å². The van der Waals surface area contributed by atoms with Gasteiger partial charge in [-0.3, -0.25) is 4.79 Å². The van der Waals surface area contributed by atoms with Crippen molar-refractivity contribution in [1.82, 2.24) is 14.9 Å². The molecule has 144 valence electrons. The normalized spacial score (nSPS) is 16.8. The molecule has 1 N–H and O–H groups in total. The molecule has 3 rings (SSSR count). The Morgan fingerprint density at radius 1 is 1.26 bits per heavy atom. The largest absolute Gasteiger partial charge is 0.376 e. The Bertz CT molecular complexity index is 770. The van der Waals surface area contributed by atoms with Crippen LogP contribution in [-0.4, -0.2) is 53.6 Å². The van der Waals surface area contributed by atoms with Crippen molar-refractivity contribution in [1.29, 1.82) is 0 Å². The highest BCUT2D eigenvalue weighted by Crippen LogP contribution is 2.20. The van der Waals surface area contributed by atoms with E-state index in [0.29, 0.717) is 24.5 Å². The van der Waals surface area contributed by atoms with E-state index in [1.54, 1.807) is 0 Å². The molecule has 0 spiro atoms. The number of nitrogens with zero attached hydrogens (tertiary/aromatic N) is 3. The standard InChI is InChI=1S/C21H28N4O2/c1-4-25(14-18-7-5-6-12-27-18)21(26)17-10-8-16(9-11-17)20-23-15(2)13-19(22-3)24-20/h8-11,13,18H,4-7,12,14H2,1-3H3,(H,22,23,24)/t18-/m0/s1. The van der Waals surface area contributed by atoms with Crippen LogP contribution >= 0.6 is 0 Å². The molecule has 1 aromatic heterocycles. The summed E-state index contributed by atoms with van der Waals surface area (Å²) in [5.74, 6) is 1.47. The SMILES string of the molecule is CCN(C[C@@H]1CCCCO1)C(=O)c1ccc(-c2nc(C)cc(NC)n2)cc1. The molecule has 1 aromatic carbocycles. The zero-order chi connectivity index (χ0) is 19.2. The lowest BCUT2D eigenvalue weighted by Gasteiger charge is -2.29. The lowest BCUT2D eigenvalue weighted by molar-refractivity contribution is -0.00311. The van der Waals surface area contributed by atoms with Crippen molar-refractivity contribution in [3.63, 3.8) is 0 Å². The summed E-state index contributed by atoms with van der Waals surface area (Å²) < 4.78 is 5.79. The molecule has 2 heterocycles. The number of carbonyl (C=O) groups is 1. The summed E-state index contributed by atoms with van der Waals surface area (Å²) >= 11 is 0. The number of aromatic nitrogens is 2. The van der Waals surface area contributed by atoms with E-state index in [1.807, 2.05) is 56.1 Å². The first-order valence-electron chi connectivity index (χ1n) is 9.65. The van der Waals surface area contributed by atoms with Crippen molar-refractivity contribution in [2.75, 3.05) is 32.1 Å². The first-order chi connectivity index (χ1) is 13.1. The van der Waals surface area contributed by atoms with Gasteiger partial charge in [-0.1, -0.05) is 12.1 Å². The fraction of sp³-hybridized carbons (Fsp3) is 0.476. The highest BCUT2D eigenvalue weighted by Gasteiger charge is 2.21. The molecule has 1 saturated heterocycles. The number of carbonyl (C=O) groups excluding carboxylic acids is 1. The quantitative estimate of drug-likeness (QED) is 0.845. The predicted octanol–water partition coefficient (Wildman–Crippen LogP) is 3.52. The second kappa shape index (κ2) is 8.95. The fourth-order valence-electron chi connectivity index (χ4n) is 3.32. The summed E-state index contributed by atoms with van der Waals surface area (Å²) in [6, 6.07) is 9.42. The first-order valence-corrected chi connectivity index (χ1v) is 9.65. The van der Waals surface area contributed by atoms with Crippen LogP contribution in [0.4, 0.5) is 5.82 Å². The summed E-state index contributed by atoms with van der Waals surface area (Å²) in [6.07, 6.45) is 3.48. The molecular formula is C21H28N4O2. The Morgan fingerprint density at radius 3 is 2.67 bits per heavy atom. The highest BCUT2D eigenvalue weighted by atomic mass is 16.5. The van der Waals surface area contributed by atoms with E-state index >= 15 is 0 Å². The lowest BCUT2D eigenvalue weighted by Crippen LogP contribution is -2.39. The maximum atomic E-state index is 12.9. The van der Waals surface area contributed by atoms with Crippen LogP contribution in [0, 0.1) is 6.92 Å². The summed E-state index contributed by atoms with van der Waals surface area (Å²) in [4.78, 5) is 23.7. The van der Waals surface area contributed by atoms with Crippen molar-refractivity contribution >= 4 is 11.7 Å². The van der Waals surface area contributed by atoms with E-state index in [9.17, 15) is 4.79 Å². The van der Waals surface area contributed by atoms with Gasteiger partial charge in [-0.15, -0.1) is 0 Å². The van der Waals surface area contributed by atoms with Gasteiger partial charge in [0.25, 0.3) is 5.91 Å². The topological polar surface area (TPSA) is 67.3 Å². The number of hydrogen-bond donors (Lipinski definition) is 1. The van der Waals surface area contributed by atoms with Crippen molar-refractivity contribution in [3.8, 4) is 11.4 Å². The van der Waals surface area contributed by atoms with Crippen LogP contribution in [0.3, 0.4) is 0 Å². The molecule has 1 aliphatic rings. The summed E-state index contributed by atoms with van der Waals surface area (Å²) in [6.45, 7) is 6.08. The molecule has 0 radical (unpaired) electrons. The smallest absolute Gasteiger partial charge is 0.253 e. The summed E-state index contributed by atoms with van der Waals surface area (Å²) in [7, 11) is 1.84. The third-order valence-electron chi connectivity index (χ3n) is 4.87. The fourth-order valence-corrected chi connectivity index (χ4v) is 3.32. The predicted molar refractivity (Wildman–Crippen MR) is 107 cm³/mol. The molecular weight excluding hydrogens is 340 g/mol. The minimum Gasteiger partial charge on any atom is -0.376 e. The molecule has 6 nitrogen and oxygen atoms in total. The van der Waals surface area contributed by atoms with E-state index in [2.05, 4.69) is 15.3 Å². The number of ether oxygens (including phenoxy) is 1. The minimum absolute atomic E-state index is 0.0410. The number of hydrogen-bond acceptors (Lipinski definition) is 5. The van der Waals surface area contributed by atoms with Crippen LogP contribution in [0.2, 0.25) is 0 Å². The van der Waals surface area contributed by atoms with E-state index in [1.165, 1.54) is 6.42 Å². The number of anilines is 1. The number of likely N-dealkylation sites (N-methyl/N-ethyl adjacent to an activating group) is 1. The monoisotopic (exact) mass is 368 g/mol. The first kappa shape index (κ1) is 19.3. The summed E-state index contributed by atoms with van der Waals surface area (Å²) in [5.41, 5.74) is 2.47. The average Bonchev–Trinajstić information content (AvgIpc) is 2.72. The molecule has 1 atom stereocenters. The van der Waals surface area contributed by atoms with Gasteiger partial charge in [-0.25, -0.2) is 9.97 Å². The minimum atomic E-state index is 0.0410. The maximum absolute atomic E-state index is 12.9. The zero-order valence-corrected chi connectivity index (χ0v) is 16.4. The second-order valence-corrected chi connectivity index (χ2v) is 6.88.